The standard InChI is InChI=1S/C20H24N2O3/c1-3-15-8-4-6-10-17(15)22-20(24)14-19(23)21-13-12-16-9-5-7-11-18(16)25-2/h4-11H,3,12-14H2,1-2H3,(H,21,23)(H,22,24). The zero-order valence-electron chi connectivity index (χ0n) is 14.7. The number of carbonyl (C=O) groups excluding carboxylic acids is 2. The van der Waals surface area contributed by atoms with E-state index in [-0.39, 0.29) is 18.2 Å². The van der Waals surface area contributed by atoms with E-state index in [0.29, 0.717) is 13.0 Å². The Labute approximate surface area is 148 Å². The fraction of sp³-hybridized carbons (Fsp3) is 0.300. The first-order chi connectivity index (χ1) is 12.1. The second kappa shape index (κ2) is 9.47. The lowest BCUT2D eigenvalue weighted by Gasteiger charge is -2.11. The molecule has 2 aromatic carbocycles. The van der Waals surface area contributed by atoms with Gasteiger partial charge in [0.15, 0.2) is 0 Å². The molecule has 0 atom stereocenters. The number of anilines is 1. The number of aryl methyl sites for hydroxylation is 1. The van der Waals surface area contributed by atoms with Crippen molar-refractivity contribution in [3.63, 3.8) is 0 Å². The van der Waals surface area contributed by atoms with Crippen LogP contribution in [0.25, 0.3) is 0 Å². The Hall–Kier alpha value is -2.82. The Balaban J connectivity index is 1.79. The van der Waals surface area contributed by atoms with Gasteiger partial charge in [0, 0.05) is 12.2 Å². The SMILES string of the molecule is CCc1ccccc1NC(=O)CC(=O)NCCc1ccccc1OC. The molecule has 0 radical (unpaired) electrons. The van der Waals surface area contributed by atoms with E-state index in [0.717, 1.165) is 29.0 Å². The highest BCUT2D eigenvalue weighted by Crippen LogP contribution is 2.17. The third kappa shape index (κ3) is 5.64. The van der Waals surface area contributed by atoms with Crippen LogP contribution in [-0.4, -0.2) is 25.5 Å². The van der Waals surface area contributed by atoms with Crippen molar-refractivity contribution in [2.24, 2.45) is 0 Å². The first-order valence-electron chi connectivity index (χ1n) is 8.40. The van der Waals surface area contributed by atoms with E-state index >= 15 is 0 Å². The molecular weight excluding hydrogens is 316 g/mol. The van der Waals surface area contributed by atoms with E-state index in [1.165, 1.54) is 0 Å². The van der Waals surface area contributed by atoms with Crippen LogP contribution in [0.2, 0.25) is 0 Å². The monoisotopic (exact) mass is 340 g/mol. The molecule has 5 heteroatoms. The van der Waals surface area contributed by atoms with Gasteiger partial charge in [0.2, 0.25) is 11.8 Å². The van der Waals surface area contributed by atoms with E-state index in [2.05, 4.69) is 10.6 Å². The minimum Gasteiger partial charge on any atom is -0.496 e. The molecule has 2 N–H and O–H groups in total. The summed E-state index contributed by atoms with van der Waals surface area (Å²) in [6.45, 7) is 2.48. The number of carbonyl (C=O) groups is 2. The summed E-state index contributed by atoms with van der Waals surface area (Å²) in [7, 11) is 1.62. The van der Waals surface area contributed by atoms with Gasteiger partial charge in [-0.15, -0.1) is 0 Å². The van der Waals surface area contributed by atoms with Crippen molar-refractivity contribution in [2.45, 2.75) is 26.2 Å². The van der Waals surface area contributed by atoms with E-state index in [4.69, 9.17) is 4.74 Å². The lowest BCUT2D eigenvalue weighted by atomic mass is 10.1. The number of ether oxygens (including phenoxy) is 1. The molecular formula is C20H24N2O3. The second-order valence-corrected chi connectivity index (χ2v) is 5.65. The highest BCUT2D eigenvalue weighted by Gasteiger charge is 2.11. The molecule has 0 heterocycles. The summed E-state index contributed by atoms with van der Waals surface area (Å²) >= 11 is 0. The first kappa shape index (κ1) is 18.5. The van der Waals surface area contributed by atoms with Crippen LogP contribution in [0.4, 0.5) is 5.69 Å². The summed E-state index contributed by atoms with van der Waals surface area (Å²) in [4.78, 5) is 24.0. The van der Waals surface area contributed by atoms with Crippen LogP contribution in [0.15, 0.2) is 48.5 Å². The molecule has 0 saturated heterocycles. The first-order valence-corrected chi connectivity index (χ1v) is 8.40. The van der Waals surface area contributed by atoms with Crippen LogP contribution in [0.5, 0.6) is 5.75 Å². The van der Waals surface area contributed by atoms with E-state index < -0.39 is 0 Å². The van der Waals surface area contributed by atoms with E-state index in [9.17, 15) is 9.59 Å². The maximum Gasteiger partial charge on any atom is 0.233 e. The van der Waals surface area contributed by atoms with Gasteiger partial charge in [-0.3, -0.25) is 9.59 Å². The van der Waals surface area contributed by atoms with Gasteiger partial charge in [0.05, 0.1) is 7.11 Å². The average molecular weight is 340 g/mol. The molecule has 0 fully saturated rings. The molecule has 2 rings (SSSR count). The topological polar surface area (TPSA) is 67.4 Å². The predicted octanol–water partition coefficient (Wildman–Crippen LogP) is 2.95. The lowest BCUT2D eigenvalue weighted by Crippen LogP contribution is -2.29. The van der Waals surface area contributed by atoms with Crippen LogP contribution < -0.4 is 15.4 Å². The summed E-state index contributed by atoms with van der Waals surface area (Å²) in [5.74, 6) is 0.197. The van der Waals surface area contributed by atoms with Gasteiger partial charge in [-0.25, -0.2) is 0 Å². The number of hydrogen-bond donors (Lipinski definition) is 2. The quantitative estimate of drug-likeness (QED) is 0.726. The number of amides is 2. The van der Waals surface area contributed by atoms with Crippen molar-refractivity contribution in [3.05, 3.63) is 59.7 Å². The van der Waals surface area contributed by atoms with Crippen LogP contribution in [0.1, 0.15) is 24.5 Å². The largest absolute Gasteiger partial charge is 0.496 e. The molecule has 0 aromatic heterocycles. The number of hydrogen-bond acceptors (Lipinski definition) is 3. The van der Waals surface area contributed by atoms with E-state index in [1.807, 2.05) is 55.5 Å². The van der Waals surface area contributed by atoms with Gasteiger partial charge in [-0.1, -0.05) is 43.3 Å². The highest BCUT2D eigenvalue weighted by molar-refractivity contribution is 6.03. The van der Waals surface area contributed by atoms with Crippen molar-refractivity contribution >= 4 is 17.5 Å². The summed E-state index contributed by atoms with van der Waals surface area (Å²) in [5.41, 5.74) is 2.83. The fourth-order valence-corrected chi connectivity index (χ4v) is 2.60. The van der Waals surface area contributed by atoms with Crippen molar-refractivity contribution in [3.8, 4) is 5.75 Å². The van der Waals surface area contributed by atoms with Crippen LogP contribution >= 0.6 is 0 Å². The van der Waals surface area contributed by atoms with Crippen molar-refractivity contribution in [2.75, 3.05) is 19.0 Å². The maximum atomic E-state index is 12.0. The summed E-state index contributed by atoms with van der Waals surface area (Å²) < 4.78 is 5.28. The van der Waals surface area contributed by atoms with Crippen LogP contribution in [0.3, 0.4) is 0 Å². The highest BCUT2D eigenvalue weighted by atomic mass is 16.5. The van der Waals surface area contributed by atoms with Crippen molar-refractivity contribution in [1.29, 1.82) is 0 Å². The third-order valence-corrected chi connectivity index (χ3v) is 3.90. The summed E-state index contributed by atoms with van der Waals surface area (Å²) in [5, 5.41) is 5.57. The number of nitrogens with one attached hydrogen (secondary N) is 2. The molecule has 2 amide bonds. The van der Waals surface area contributed by atoms with Gasteiger partial charge in [0.1, 0.15) is 12.2 Å². The van der Waals surface area contributed by atoms with Gasteiger partial charge < -0.3 is 15.4 Å². The predicted molar refractivity (Wildman–Crippen MR) is 98.8 cm³/mol. The zero-order valence-corrected chi connectivity index (χ0v) is 14.7. The molecule has 132 valence electrons. The molecule has 0 aliphatic carbocycles. The normalized spacial score (nSPS) is 10.2. The molecule has 2 aromatic rings. The van der Waals surface area contributed by atoms with Gasteiger partial charge in [-0.2, -0.15) is 0 Å². The average Bonchev–Trinajstić information content (AvgIpc) is 2.62. The Morgan fingerprint density at radius 1 is 0.960 bits per heavy atom. The van der Waals surface area contributed by atoms with Crippen LogP contribution in [0, 0.1) is 0 Å². The summed E-state index contributed by atoms with van der Waals surface area (Å²) in [6, 6.07) is 15.3. The molecule has 0 bridgehead atoms. The molecule has 0 spiro atoms. The van der Waals surface area contributed by atoms with Crippen LogP contribution in [-0.2, 0) is 22.4 Å². The number of para-hydroxylation sites is 2. The second-order valence-electron chi connectivity index (χ2n) is 5.65. The number of methoxy groups -OCH3 is 1. The molecule has 5 nitrogen and oxygen atoms in total. The Kier molecular flexibility index (Phi) is 7.01. The third-order valence-electron chi connectivity index (χ3n) is 3.90. The van der Waals surface area contributed by atoms with E-state index in [1.54, 1.807) is 7.11 Å². The molecule has 0 unspecified atom stereocenters. The van der Waals surface area contributed by atoms with Gasteiger partial charge >= 0.3 is 0 Å². The van der Waals surface area contributed by atoms with Crippen molar-refractivity contribution in [1.82, 2.24) is 5.32 Å². The maximum absolute atomic E-state index is 12.0. The number of benzene rings is 2. The Morgan fingerprint density at radius 3 is 2.36 bits per heavy atom. The smallest absolute Gasteiger partial charge is 0.233 e. The Bertz CT molecular complexity index is 728. The molecule has 0 saturated carbocycles. The van der Waals surface area contributed by atoms with Crippen molar-refractivity contribution < 1.29 is 14.3 Å². The van der Waals surface area contributed by atoms with Gasteiger partial charge in [-0.05, 0) is 36.1 Å². The number of rotatable bonds is 8. The lowest BCUT2D eigenvalue weighted by molar-refractivity contribution is -0.126. The zero-order chi connectivity index (χ0) is 18.1. The molecule has 0 aliphatic rings. The molecule has 25 heavy (non-hydrogen) atoms. The summed E-state index contributed by atoms with van der Waals surface area (Å²) in [6.07, 6.45) is 1.28. The minimum absolute atomic E-state index is 0.191. The molecule has 0 aliphatic heterocycles. The fourth-order valence-electron chi connectivity index (χ4n) is 2.60. The minimum atomic E-state index is -0.310. The Morgan fingerprint density at radius 2 is 1.64 bits per heavy atom. The van der Waals surface area contributed by atoms with Gasteiger partial charge in [0.25, 0.3) is 0 Å².